The van der Waals surface area contributed by atoms with Crippen molar-refractivity contribution in [2.45, 2.75) is 38.7 Å². The van der Waals surface area contributed by atoms with Crippen LogP contribution in [0, 0.1) is 0 Å². The number of hydrogen-bond donors (Lipinski definition) is 3. The van der Waals surface area contributed by atoms with E-state index in [1.165, 1.54) is 25.5 Å². The first kappa shape index (κ1) is 18.2. The van der Waals surface area contributed by atoms with Gasteiger partial charge in [0, 0.05) is 6.54 Å². The van der Waals surface area contributed by atoms with Gasteiger partial charge < -0.3 is 20.6 Å². The van der Waals surface area contributed by atoms with Crippen molar-refractivity contribution in [3.05, 3.63) is 24.2 Å². The Balaban J connectivity index is 0.00000324. The monoisotopic (exact) mass is 381 g/mol. The Morgan fingerprint density at radius 1 is 1.47 bits per heavy atom. The fourth-order valence-electron chi connectivity index (χ4n) is 1.58. The van der Waals surface area contributed by atoms with Crippen molar-refractivity contribution in [2.75, 3.05) is 13.1 Å². The second-order valence-corrected chi connectivity index (χ2v) is 4.24. The van der Waals surface area contributed by atoms with Gasteiger partial charge in [-0.3, -0.25) is 4.99 Å². The van der Waals surface area contributed by atoms with E-state index in [4.69, 9.17) is 10.2 Å². The van der Waals surface area contributed by atoms with Crippen LogP contribution in [0.3, 0.4) is 0 Å². The van der Waals surface area contributed by atoms with Crippen LogP contribution < -0.4 is 11.1 Å². The maximum absolute atomic E-state index is 9.72. The topological polar surface area (TPSA) is 83.8 Å². The molecule has 0 saturated heterocycles. The van der Waals surface area contributed by atoms with Gasteiger partial charge in [-0.1, -0.05) is 26.2 Å². The maximum Gasteiger partial charge on any atom is 0.188 e. The molecular formula is C13H24IN3O2. The summed E-state index contributed by atoms with van der Waals surface area (Å²) < 4.78 is 5.07. The molecule has 0 radical (unpaired) electrons. The van der Waals surface area contributed by atoms with Gasteiger partial charge in [0.15, 0.2) is 5.96 Å². The molecule has 0 bridgehead atoms. The van der Waals surface area contributed by atoms with E-state index >= 15 is 0 Å². The van der Waals surface area contributed by atoms with Crippen molar-refractivity contribution in [3.63, 3.8) is 0 Å². The highest BCUT2D eigenvalue weighted by Crippen LogP contribution is 2.12. The number of aliphatic hydroxyl groups is 1. The lowest BCUT2D eigenvalue weighted by molar-refractivity contribution is 0.158. The van der Waals surface area contributed by atoms with Gasteiger partial charge in [0.1, 0.15) is 11.9 Å². The van der Waals surface area contributed by atoms with Crippen molar-refractivity contribution in [1.29, 1.82) is 0 Å². The summed E-state index contributed by atoms with van der Waals surface area (Å²) in [6.07, 6.45) is 5.55. The number of halogens is 1. The van der Waals surface area contributed by atoms with Crippen LogP contribution in [0.25, 0.3) is 0 Å². The molecule has 110 valence electrons. The van der Waals surface area contributed by atoms with E-state index < -0.39 is 6.10 Å². The van der Waals surface area contributed by atoms with E-state index in [-0.39, 0.29) is 30.5 Å². The summed E-state index contributed by atoms with van der Waals surface area (Å²) in [5.41, 5.74) is 5.69. The minimum atomic E-state index is -0.736. The zero-order chi connectivity index (χ0) is 13.2. The standard InChI is InChI=1S/C13H23N3O2.HI/c1-2-3-4-5-8-15-13(14)16-10-11(17)12-7-6-9-18-12;/h6-7,9,11,17H,2-5,8,10H2,1H3,(H3,14,15,16);1H. The smallest absolute Gasteiger partial charge is 0.188 e. The SMILES string of the molecule is CCCCCCNC(N)=NCC(O)c1ccco1.I. The molecule has 0 fully saturated rings. The van der Waals surface area contributed by atoms with Gasteiger partial charge in [-0.05, 0) is 18.6 Å². The van der Waals surface area contributed by atoms with Crippen LogP contribution in [0.5, 0.6) is 0 Å². The lowest BCUT2D eigenvalue weighted by Crippen LogP contribution is -2.32. The van der Waals surface area contributed by atoms with Crippen molar-refractivity contribution < 1.29 is 9.52 Å². The normalized spacial score (nSPS) is 12.8. The van der Waals surface area contributed by atoms with Gasteiger partial charge >= 0.3 is 0 Å². The second-order valence-electron chi connectivity index (χ2n) is 4.24. The van der Waals surface area contributed by atoms with Crippen molar-refractivity contribution in [1.82, 2.24) is 5.32 Å². The number of guanidine groups is 1. The van der Waals surface area contributed by atoms with Crippen LogP contribution in [0.15, 0.2) is 27.8 Å². The Morgan fingerprint density at radius 2 is 2.26 bits per heavy atom. The van der Waals surface area contributed by atoms with Gasteiger partial charge in [0.2, 0.25) is 0 Å². The molecule has 0 aliphatic heterocycles. The summed E-state index contributed by atoms with van der Waals surface area (Å²) in [6.45, 7) is 3.22. The molecule has 0 aliphatic carbocycles. The zero-order valence-corrected chi connectivity index (χ0v) is 13.7. The third-order valence-electron chi connectivity index (χ3n) is 2.64. The third kappa shape index (κ3) is 8.10. The quantitative estimate of drug-likeness (QED) is 0.280. The molecular weight excluding hydrogens is 357 g/mol. The van der Waals surface area contributed by atoms with E-state index in [1.807, 2.05) is 0 Å². The molecule has 1 rings (SSSR count). The number of aliphatic imine (C=N–C) groups is 1. The molecule has 4 N–H and O–H groups in total. The molecule has 0 aromatic carbocycles. The highest BCUT2D eigenvalue weighted by Gasteiger charge is 2.09. The zero-order valence-electron chi connectivity index (χ0n) is 11.3. The number of furan rings is 1. The van der Waals surface area contributed by atoms with Crippen LogP contribution in [-0.4, -0.2) is 24.2 Å². The molecule has 0 saturated carbocycles. The molecule has 1 aromatic rings. The Bertz CT molecular complexity index is 342. The maximum atomic E-state index is 9.72. The molecule has 0 spiro atoms. The number of unbranched alkanes of at least 4 members (excludes halogenated alkanes) is 3. The van der Waals surface area contributed by atoms with E-state index in [1.54, 1.807) is 12.1 Å². The van der Waals surface area contributed by atoms with Gasteiger partial charge in [-0.2, -0.15) is 0 Å². The van der Waals surface area contributed by atoms with E-state index in [0.717, 1.165) is 13.0 Å². The molecule has 1 atom stereocenters. The average Bonchev–Trinajstić information content (AvgIpc) is 2.89. The number of nitrogens with zero attached hydrogens (tertiary/aromatic N) is 1. The number of hydrogen-bond acceptors (Lipinski definition) is 3. The predicted octanol–water partition coefficient (Wildman–Crippen LogP) is 2.42. The van der Waals surface area contributed by atoms with Gasteiger partial charge in [0.05, 0.1) is 12.8 Å². The highest BCUT2D eigenvalue weighted by molar-refractivity contribution is 14.0. The molecule has 19 heavy (non-hydrogen) atoms. The van der Waals surface area contributed by atoms with Crippen molar-refractivity contribution in [2.24, 2.45) is 10.7 Å². The minimum Gasteiger partial charge on any atom is -0.467 e. The first-order valence-electron chi connectivity index (χ1n) is 6.49. The van der Waals surface area contributed by atoms with E-state index in [0.29, 0.717) is 11.7 Å². The lowest BCUT2D eigenvalue weighted by atomic mass is 10.2. The second kappa shape index (κ2) is 11.1. The summed E-state index contributed by atoms with van der Waals surface area (Å²) in [4.78, 5) is 4.07. The molecule has 6 heteroatoms. The lowest BCUT2D eigenvalue weighted by Gasteiger charge is -2.07. The predicted molar refractivity (Wildman–Crippen MR) is 87.7 cm³/mol. The van der Waals surface area contributed by atoms with E-state index in [2.05, 4.69) is 17.2 Å². The summed E-state index contributed by atoms with van der Waals surface area (Å²) in [5, 5.41) is 12.7. The number of rotatable bonds is 8. The van der Waals surface area contributed by atoms with Crippen LogP contribution in [0.2, 0.25) is 0 Å². The van der Waals surface area contributed by atoms with Gasteiger partial charge in [-0.15, -0.1) is 24.0 Å². The highest BCUT2D eigenvalue weighted by atomic mass is 127. The van der Waals surface area contributed by atoms with Crippen LogP contribution in [-0.2, 0) is 0 Å². The summed E-state index contributed by atoms with van der Waals surface area (Å²) >= 11 is 0. The Kier molecular flexibility index (Phi) is 10.7. The summed E-state index contributed by atoms with van der Waals surface area (Å²) in [7, 11) is 0. The molecule has 0 aliphatic rings. The van der Waals surface area contributed by atoms with Crippen LogP contribution in [0.1, 0.15) is 44.5 Å². The largest absolute Gasteiger partial charge is 0.467 e. The Morgan fingerprint density at radius 3 is 2.89 bits per heavy atom. The average molecular weight is 381 g/mol. The van der Waals surface area contributed by atoms with Gasteiger partial charge in [-0.25, -0.2) is 0 Å². The molecule has 1 heterocycles. The molecule has 0 amide bonds. The minimum absolute atomic E-state index is 0. The van der Waals surface area contributed by atoms with Crippen molar-refractivity contribution >= 4 is 29.9 Å². The number of nitrogens with two attached hydrogens (primary N) is 1. The first-order chi connectivity index (χ1) is 8.74. The van der Waals surface area contributed by atoms with Crippen molar-refractivity contribution in [3.8, 4) is 0 Å². The number of aliphatic hydroxyl groups excluding tert-OH is 1. The molecule has 5 nitrogen and oxygen atoms in total. The summed E-state index contributed by atoms with van der Waals surface area (Å²) in [5.74, 6) is 0.881. The molecule has 1 unspecified atom stereocenters. The van der Waals surface area contributed by atoms with Crippen LogP contribution >= 0.6 is 24.0 Å². The Labute approximate surface area is 131 Å². The fraction of sp³-hybridized carbons (Fsp3) is 0.615. The number of nitrogens with one attached hydrogen (secondary N) is 1. The fourth-order valence-corrected chi connectivity index (χ4v) is 1.58. The van der Waals surface area contributed by atoms with Gasteiger partial charge in [0.25, 0.3) is 0 Å². The Hall–Kier alpha value is -0.760. The van der Waals surface area contributed by atoms with Crippen LogP contribution in [0.4, 0.5) is 0 Å². The third-order valence-corrected chi connectivity index (χ3v) is 2.64. The molecule has 1 aromatic heterocycles. The summed E-state index contributed by atoms with van der Waals surface area (Å²) in [6, 6.07) is 3.45. The van der Waals surface area contributed by atoms with E-state index in [9.17, 15) is 5.11 Å². The first-order valence-corrected chi connectivity index (χ1v) is 6.49.